The van der Waals surface area contributed by atoms with Crippen LogP contribution < -0.4 is 9.47 Å². The minimum Gasteiger partial charge on any atom is -0.481 e. The highest BCUT2D eigenvalue weighted by molar-refractivity contribution is 5.56. The molecule has 0 saturated carbocycles. The van der Waals surface area contributed by atoms with E-state index >= 15 is 0 Å². The SMILES string of the molecule is COc1nc(OC)c(C(C)C)c(C(C#N)c2cc(C)cc(C=CC#N)c2)n1. The van der Waals surface area contributed by atoms with Gasteiger partial charge >= 0.3 is 6.01 Å². The Morgan fingerprint density at radius 3 is 2.37 bits per heavy atom. The number of hydrogen-bond acceptors (Lipinski definition) is 6. The Labute approximate surface area is 159 Å². The van der Waals surface area contributed by atoms with Gasteiger partial charge in [0.15, 0.2) is 0 Å². The standard InChI is InChI=1S/C21H22N4O2/c1-13(2)18-19(24-21(27-5)25-20(18)26-4)17(12-23)16-10-14(3)9-15(11-16)7-6-8-22/h6-7,9-11,13,17H,1-5H3. The van der Waals surface area contributed by atoms with Crippen molar-refractivity contribution in [2.45, 2.75) is 32.6 Å². The predicted molar refractivity (Wildman–Crippen MR) is 103 cm³/mol. The molecule has 0 saturated heterocycles. The number of benzene rings is 1. The molecule has 0 aliphatic rings. The molecule has 1 aromatic carbocycles. The van der Waals surface area contributed by atoms with Crippen LogP contribution in [0.4, 0.5) is 0 Å². The molecule has 0 spiro atoms. The molecule has 6 heteroatoms. The summed E-state index contributed by atoms with van der Waals surface area (Å²) in [5.74, 6) is -0.161. The normalized spacial score (nSPS) is 11.9. The van der Waals surface area contributed by atoms with E-state index in [1.807, 2.05) is 45.0 Å². The van der Waals surface area contributed by atoms with Gasteiger partial charge in [0.25, 0.3) is 0 Å². The van der Waals surface area contributed by atoms with Crippen LogP contribution in [-0.2, 0) is 0 Å². The summed E-state index contributed by atoms with van der Waals surface area (Å²) in [6.07, 6.45) is 3.13. The van der Waals surface area contributed by atoms with E-state index in [-0.39, 0.29) is 11.9 Å². The number of allylic oxidation sites excluding steroid dienone is 1. The van der Waals surface area contributed by atoms with Gasteiger partial charge in [-0.1, -0.05) is 31.5 Å². The van der Waals surface area contributed by atoms with E-state index in [1.54, 1.807) is 6.08 Å². The van der Waals surface area contributed by atoms with Gasteiger partial charge in [0.1, 0.15) is 5.92 Å². The summed E-state index contributed by atoms with van der Waals surface area (Å²) in [5.41, 5.74) is 3.98. The van der Waals surface area contributed by atoms with Crippen molar-refractivity contribution in [2.24, 2.45) is 0 Å². The third kappa shape index (κ3) is 4.43. The molecule has 6 nitrogen and oxygen atoms in total. The maximum absolute atomic E-state index is 9.96. The molecule has 0 aliphatic carbocycles. The molecule has 2 rings (SSSR count). The van der Waals surface area contributed by atoms with Gasteiger partial charge in [0.2, 0.25) is 5.88 Å². The molecule has 0 N–H and O–H groups in total. The predicted octanol–water partition coefficient (Wildman–Crippen LogP) is 4.12. The molecule has 0 radical (unpaired) electrons. The van der Waals surface area contributed by atoms with Crippen molar-refractivity contribution in [3.63, 3.8) is 0 Å². The van der Waals surface area contributed by atoms with Crippen molar-refractivity contribution < 1.29 is 9.47 Å². The number of aromatic nitrogens is 2. The van der Waals surface area contributed by atoms with Crippen LogP contribution >= 0.6 is 0 Å². The molecular weight excluding hydrogens is 340 g/mol. The second-order valence-electron chi connectivity index (χ2n) is 6.37. The van der Waals surface area contributed by atoms with Crippen molar-refractivity contribution >= 4 is 6.08 Å². The van der Waals surface area contributed by atoms with Gasteiger partial charge in [0, 0.05) is 11.6 Å². The van der Waals surface area contributed by atoms with Crippen LogP contribution in [0.5, 0.6) is 11.9 Å². The fourth-order valence-electron chi connectivity index (χ4n) is 2.99. The van der Waals surface area contributed by atoms with E-state index in [4.69, 9.17) is 14.7 Å². The van der Waals surface area contributed by atoms with E-state index in [0.717, 1.165) is 22.3 Å². The number of rotatable bonds is 6. The Morgan fingerprint density at radius 2 is 1.81 bits per heavy atom. The average Bonchev–Trinajstić information content (AvgIpc) is 2.65. The van der Waals surface area contributed by atoms with Crippen molar-refractivity contribution in [1.29, 1.82) is 10.5 Å². The van der Waals surface area contributed by atoms with E-state index in [2.05, 4.69) is 16.0 Å². The molecule has 1 aromatic heterocycles. The number of aryl methyl sites for hydroxylation is 1. The molecule has 1 heterocycles. The molecule has 0 amide bonds. The summed E-state index contributed by atoms with van der Waals surface area (Å²) in [4.78, 5) is 8.75. The van der Waals surface area contributed by atoms with Gasteiger partial charge < -0.3 is 9.47 Å². The third-order valence-electron chi connectivity index (χ3n) is 4.08. The lowest BCUT2D eigenvalue weighted by atomic mass is 9.88. The summed E-state index contributed by atoms with van der Waals surface area (Å²) in [7, 11) is 3.02. The Morgan fingerprint density at radius 1 is 1.07 bits per heavy atom. The number of ether oxygens (including phenoxy) is 2. The lowest BCUT2D eigenvalue weighted by Gasteiger charge is -2.20. The second-order valence-corrected chi connectivity index (χ2v) is 6.37. The smallest absolute Gasteiger partial charge is 0.319 e. The topological polar surface area (TPSA) is 91.8 Å². The van der Waals surface area contributed by atoms with Gasteiger partial charge in [-0.25, -0.2) is 0 Å². The highest BCUT2D eigenvalue weighted by Gasteiger charge is 2.26. The summed E-state index contributed by atoms with van der Waals surface area (Å²) in [6, 6.07) is 10.3. The van der Waals surface area contributed by atoms with Gasteiger partial charge in [0.05, 0.1) is 32.1 Å². The summed E-state index contributed by atoms with van der Waals surface area (Å²) < 4.78 is 10.6. The molecule has 27 heavy (non-hydrogen) atoms. The Hall–Kier alpha value is -3.38. The quantitative estimate of drug-likeness (QED) is 0.718. The Bertz CT molecular complexity index is 936. The first-order chi connectivity index (χ1) is 12.9. The number of nitriles is 2. The van der Waals surface area contributed by atoms with Crippen LogP contribution in [0.3, 0.4) is 0 Å². The average molecular weight is 362 g/mol. The molecular formula is C21H22N4O2. The van der Waals surface area contributed by atoms with Gasteiger partial charge in [-0.05, 0) is 36.1 Å². The van der Waals surface area contributed by atoms with E-state index < -0.39 is 5.92 Å². The van der Waals surface area contributed by atoms with E-state index in [9.17, 15) is 5.26 Å². The monoisotopic (exact) mass is 362 g/mol. The first-order valence-electron chi connectivity index (χ1n) is 8.52. The fraction of sp³-hybridized carbons (Fsp3) is 0.333. The minimum atomic E-state index is -0.623. The van der Waals surface area contributed by atoms with Crippen LogP contribution in [0.25, 0.3) is 6.08 Å². The Balaban J connectivity index is 2.72. The largest absolute Gasteiger partial charge is 0.481 e. The Kier molecular flexibility index (Phi) is 6.51. The molecule has 2 aromatic rings. The summed E-state index contributed by atoms with van der Waals surface area (Å²) >= 11 is 0. The lowest BCUT2D eigenvalue weighted by Crippen LogP contribution is -2.12. The molecule has 1 unspecified atom stereocenters. The molecule has 0 fully saturated rings. The molecule has 138 valence electrons. The number of methoxy groups -OCH3 is 2. The van der Waals surface area contributed by atoms with Crippen LogP contribution in [0, 0.1) is 29.6 Å². The number of hydrogen-bond donors (Lipinski definition) is 0. The van der Waals surface area contributed by atoms with Crippen molar-refractivity contribution in [3.05, 3.63) is 52.2 Å². The van der Waals surface area contributed by atoms with E-state index in [0.29, 0.717) is 11.6 Å². The first kappa shape index (κ1) is 19.9. The second kappa shape index (κ2) is 8.82. The molecule has 1 atom stereocenters. The van der Waals surface area contributed by atoms with Crippen molar-refractivity contribution in [3.8, 4) is 24.0 Å². The van der Waals surface area contributed by atoms with Crippen molar-refractivity contribution in [2.75, 3.05) is 14.2 Å². The van der Waals surface area contributed by atoms with E-state index in [1.165, 1.54) is 20.3 Å². The van der Waals surface area contributed by atoms with Crippen LogP contribution in [0.2, 0.25) is 0 Å². The zero-order chi connectivity index (χ0) is 20.0. The van der Waals surface area contributed by atoms with Crippen LogP contribution in [-0.4, -0.2) is 24.2 Å². The maximum Gasteiger partial charge on any atom is 0.319 e. The third-order valence-corrected chi connectivity index (χ3v) is 4.08. The van der Waals surface area contributed by atoms with Gasteiger partial charge in [-0.2, -0.15) is 20.5 Å². The molecule has 0 aliphatic heterocycles. The summed E-state index contributed by atoms with van der Waals surface area (Å²) in [6.45, 7) is 5.96. The van der Waals surface area contributed by atoms with Gasteiger partial charge in [-0.3, -0.25) is 0 Å². The number of nitrogens with zero attached hydrogens (tertiary/aromatic N) is 4. The fourth-order valence-corrected chi connectivity index (χ4v) is 2.99. The lowest BCUT2D eigenvalue weighted by molar-refractivity contribution is 0.345. The molecule has 0 bridgehead atoms. The maximum atomic E-state index is 9.96. The minimum absolute atomic E-state index is 0.0551. The van der Waals surface area contributed by atoms with Crippen LogP contribution in [0.1, 0.15) is 53.6 Å². The van der Waals surface area contributed by atoms with Gasteiger partial charge in [-0.15, -0.1) is 0 Å². The van der Waals surface area contributed by atoms with Crippen molar-refractivity contribution in [1.82, 2.24) is 9.97 Å². The van der Waals surface area contributed by atoms with Crippen LogP contribution in [0.15, 0.2) is 24.3 Å². The first-order valence-corrected chi connectivity index (χ1v) is 8.52. The zero-order valence-electron chi connectivity index (χ0n) is 16.1. The highest BCUT2D eigenvalue weighted by atomic mass is 16.5. The highest BCUT2D eigenvalue weighted by Crippen LogP contribution is 2.36. The summed E-state index contributed by atoms with van der Waals surface area (Å²) in [5, 5.41) is 18.7. The zero-order valence-corrected chi connectivity index (χ0v) is 16.1.